The maximum atomic E-state index is 12.4. The fourth-order valence-electron chi connectivity index (χ4n) is 4.59. The summed E-state index contributed by atoms with van der Waals surface area (Å²) in [5.74, 6) is -2.02. The van der Waals surface area contributed by atoms with Crippen LogP contribution in [0.2, 0.25) is 5.02 Å². The second kappa shape index (κ2) is 8.91. The summed E-state index contributed by atoms with van der Waals surface area (Å²) in [4.78, 5) is 24.3. The summed E-state index contributed by atoms with van der Waals surface area (Å²) >= 11 is 6.07. The maximum absolute atomic E-state index is 12.4. The van der Waals surface area contributed by atoms with Crippen molar-refractivity contribution in [3.05, 3.63) is 107 Å². The molecule has 4 N–H and O–H groups in total. The molecule has 1 heterocycles. The van der Waals surface area contributed by atoms with Crippen LogP contribution in [0, 0.1) is 0 Å². The van der Waals surface area contributed by atoms with Crippen LogP contribution in [-0.4, -0.2) is 26.7 Å². The van der Waals surface area contributed by atoms with E-state index < -0.39 is 18.0 Å². The van der Waals surface area contributed by atoms with Crippen LogP contribution >= 0.6 is 11.6 Å². The van der Waals surface area contributed by atoms with Gasteiger partial charge in [0.15, 0.2) is 6.10 Å². The van der Waals surface area contributed by atoms with Crippen molar-refractivity contribution in [3.8, 4) is 11.1 Å². The number of aliphatic carboxylic acids is 1. The van der Waals surface area contributed by atoms with Crippen molar-refractivity contribution < 1.29 is 19.8 Å². The molecule has 35 heavy (non-hydrogen) atoms. The molecular weight excluding hydrogens is 464 g/mol. The highest BCUT2D eigenvalue weighted by Gasteiger charge is 2.26. The van der Waals surface area contributed by atoms with Crippen molar-refractivity contribution in [1.29, 1.82) is 0 Å². The number of aliphatic hydroxyl groups is 1. The Morgan fingerprint density at radius 2 is 1.57 bits per heavy atom. The highest BCUT2D eigenvalue weighted by Crippen LogP contribution is 2.40. The fraction of sp³-hybridized carbons (Fsp3) is 0.0714. The molecule has 0 saturated carbocycles. The Labute approximate surface area is 205 Å². The minimum Gasteiger partial charge on any atom is -0.479 e. The number of fused-ring (bicyclic) bond motifs is 3. The fourth-order valence-corrected chi connectivity index (χ4v) is 4.72. The molecule has 0 aliphatic heterocycles. The van der Waals surface area contributed by atoms with E-state index in [0.29, 0.717) is 38.9 Å². The molecule has 0 aliphatic carbocycles. The Morgan fingerprint density at radius 3 is 2.23 bits per heavy atom. The van der Waals surface area contributed by atoms with E-state index in [0.717, 1.165) is 11.1 Å². The van der Waals surface area contributed by atoms with Crippen molar-refractivity contribution in [1.82, 2.24) is 4.57 Å². The van der Waals surface area contributed by atoms with Crippen LogP contribution in [0.25, 0.3) is 32.9 Å². The lowest BCUT2D eigenvalue weighted by Gasteiger charge is -2.14. The van der Waals surface area contributed by atoms with E-state index in [1.165, 1.54) is 0 Å². The topological polar surface area (TPSA) is 106 Å². The van der Waals surface area contributed by atoms with E-state index in [1.807, 2.05) is 59.2 Å². The number of amides is 1. The molecule has 5 aromatic rings. The van der Waals surface area contributed by atoms with Gasteiger partial charge in [0.05, 0.1) is 11.0 Å². The average molecular weight is 485 g/mol. The third kappa shape index (κ3) is 4.03. The lowest BCUT2D eigenvalue weighted by molar-refractivity contribution is -0.146. The van der Waals surface area contributed by atoms with E-state index in [2.05, 4.69) is 0 Å². The Hall–Kier alpha value is -4.13. The molecule has 5 rings (SSSR count). The molecule has 6 nitrogen and oxygen atoms in total. The van der Waals surface area contributed by atoms with E-state index in [4.69, 9.17) is 17.3 Å². The van der Waals surface area contributed by atoms with Crippen LogP contribution in [0.3, 0.4) is 0 Å². The number of halogens is 1. The van der Waals surface area contributed by atoms with Crippen LogP contribution < -0.4 is 5.73 Å². The van der Waals surface area contributed by atoms with Gasteiger partial charge in [-0.15, -0.1) is 0 Å². The number of hydrogen-bond donors (Lipinski definition) is 3. The number of carbonyl (C=O) groups excluding carboxylic acids is 1. The molecule has 7 heteroatoms. The summed E-state index contributed by atoms with van der Waals surface area (Å²) in [7, 11) is 0. The van der Waals surface area contributed by atoms with Crippen LogP contribution in [0.1, 0.15) is 27.6 Å². The maximum Gasteiger partial charge on any atom is 0.337 e. The molecule has 0 spiro atoms. The third-order valence-electron chi connectivity index (χ3n) is 6.18. The predicted octanol–water partition coefficient (Wildman–Crippen LogP) is 5.38. The van der Waals surface area contributed by atoms with Gasteiger partial charge in [0.25, 0.3) is 0 Å². The Morgan fingerprint density at radius 1 is 0.857 bits per heavy atom. The molecular formula is C28H21ClN2O4. The van der Waals surface area contributed by atoms with Gasteiger partial charge < -0.3 is 20.5 Å². The number of aromatic nitrogens is 1. The van der Waals surface area contributed by atoms with Crippen molar-refractivity contribution in [2.45, 2.75) is 12.6 Å². The van der Waals surface area contributed by atoms with E-state index >= 15 is 0 Å². The smallest absolute Gasteiger partial charge is 0.337 e. The second-order valence-electron chi connectivity index (χ2n) is 8.34. The molecule has 0 aliphatic rings. The van der Waals surface area contributed by atoms with Crippen molar-refractivity contribution >= 4 is 45.3 Å². The van der Waals surface area contributed by atoms with Crippen molar-refractivity contribution in [2.24, 2.45) is 5.73 Å². The van der Waals surface area contributed by atoms with E-state index in [9.17, 15) is 19.8 Å². The number of hydrogen-bond acceptors (Lipinski definition) is 3. The highest BCUT2D eigenvalue weighted by molar-refractivity contribution is 6.30. The molecule has 0 saturated heterocycles. The highest BCUT2D eigenvalue weighted by atomic mass is 35.5. The van der Waals surface area contributed by atoms with Gasteiger partial charge in [0, 0.05) is 33.5 Å². The summed E-state index contributed by atoms with van der Waals surface area (Å²) in [5.41, 5.74) is 10.1. The van der Waals surface area contributed by atoms with E-state index in [1.54, 1.807) is 30.3 Å². The zero-order chi connectivity index (χ0) is 24.7. The quantitative estimate of drug-likeness (QED) is 0.301. The third-order valence-corrected chi connectivity index (χ3v) is 6.43. The Balaban J connectivity index is 1.93. The number of carboxylic acids is 1. The van der Waals surface area contributed by atoms with Gasteiger partial charge in [0.1, 0.15) is 0 Å². The number of nitrogens with two attached hydrogens (primary N) is 1. The lowest BCUT2D eigenvalue weighted by Crippen LogP contribution is -2.13. The first kappa shape index (κ1) is 22.7. The van der Waals surface area contributed by atoms with Gasteiger partial charge in [0.2, 0.25) is 5.91 Å². The largest absolute Gasteiger partial charge is 0.479 e. The number of rotatable bonds is 6. The van der Waals surface area contributed by atoms with Gasteiger partial charge in [-0.2, -0.15) is 0 Å². The predicted molar refractivity (Wildman–Crippen MR) is 137 cm³/mol. The van der Waals surface area contributed by atoms with E-state index in [-0.39, 0.29) is 11.1 Å². The molecule has 0 radical (unpaired) electrons. The summed E-state index contributed by atoms with van der Waals surface area (Å²) in [6, 6.07) is 25.8. The standard InChI is InChI=1S/C28H21ClN2O4/c29-19-11-9-17(10-12-19)18-13-21(26(32)28(34)35)25-23(14-18)31(15-16-5-2-1-3-6-16)22-8-4-7-20(24(22)25)27(30)33/h1-14,26,32H,15H2,(H2,30,33)(H,34,35). The molecule has 1 aromatic heterocycles. The number of carbonyl (C=O) groups is 2. The number of nitrogens with zero attached hydrogens (tertiary/aromatic N) is 1. The normalized spacial score (nSPS) is 12.2. The van der Waals surface area contributed by atoms with Crippen LogP contribution in [0.4, 0.5) is 0 Å². The number of primary amides is 1. The van der Waals surface area contributed by atoms with Crippen LogP contribution in [0.15, 0.2) is 84.9 Å². The SMILES string of the molecule is NC(=O)c1cccc2c1c1c(C(O)C(=O)O)cc(-c3ccc(Cl)cc3)cc1n2Cc1ccccc1. The molecule has 1 amide bonds. The number of carboxylic acid groups (broad SMARTS) is 1. The first-order valence-corrected chi connectivity index (χ1v) is 11.3. The van der Waals surface area contributed by atoms with Gasteiger partial charge >= 0.3 is 5.97 Å². The summed E-state index contributed by atoms with van der Waals surface area (Å²) < 4.78 is 2.02. The Kier molecular flexibility index (Phi) is 5.76. The van der Waals surface area contributed by atoms with Crippen LogP contribution in [-0.2, 0) is 11.3 Å². The second-order valence-corrected chi connectivity index (χ2v) is 8.78. The first-order valence-electron chi connectivity index (χ1n) is 10.9. The monoisotopic (exact) mass is 484 g/mol. The number of aliphatic hydroxyl groups excluding tert-OH is 1. The molecule has 4 aromatic carbocycles. The average Bonchev–Trinajstić information content (AvgIpc) is 3.17. The molecule has 174 valence electrons. The molecule has 1 atom stereocenters. The minimum absolute atomic E-state index is 0.186. The van der Waals surface area contributed by atoms with Gasteiger partial charge in [-0.05, 0) is 53.1 Å². The minimum atomic E-state index is -1.80. The van der Waals surface area contributed by atoms with Crippen LogP contribution in [0.5, 0.6) is 0 Å². The first-order chi connectivity index (χ1) is 16.8. The Bertz CT molecular complexity index is 1590. The lowest BCUT2D eigenvalue weighted by atomic mass is 9.94. The molecule has 1 unspecified atom stereocenters. The zero-order valence-electron chi connectivity index (χ0n) is 18.5. The molecule has 0 fully saturated rings. The summed E-state index contributed by atoms with van der Waals surface area (Å²) in [6.45, 7) is 0.468. The molecule has 0 bridgehead atoms. The zero-order valence-corrected chi connectivity index (χ0v) is 19.2. The summed E-state index contributed by atoms with van der Waals surface area (Å²) in [6.07, 6.45) is -1.80. The van der Waals surface area contributed by atoms with Gasteiger partial charge in [-0.1, -0.05) is 60.1 Å². The van der Waals surface area contributed by atoms with Gasteiger partial charge in [-0.3, -0.25) is 4.79 Å². The van der Waals surface area contributed by atoms with Crippen molar-refractivity contribution in [3.63, 3.8) is 0 Å². The summed E-state index contributed by atoms with van der Waals surface area (Å²) in [5, 5.41) is 22.0. The number of benzene rings is 4. The van der Waals surface area contributed by atoms with Crippen molar-refractivity contribution in [2.75, 3.05) is 0 Å². The van der Waals surface area contributed by atoms with Gasteiger partial charge in [-0.25, -0.2) is 4.79 Å².